The molecule has 1 heterocycles. The molecule has 8 aromatic rings. The minimum Gasteiger partial charge on any atom is -0.309 e. The lowest BCUT2D eigenvalue weighted by atomic mass is 9.70. The summed E-state index contributed by atoms with van der Waals surface area (Å²) < 4.78 is 2.72. The van der Waals surface area contributed by atoms with Gasteiger partial charge in [-0.2, -0.15) is 0 Å². The highest BCUT2D eigenvalue weighted by atomic mass is 32.1. The summed E-state index contributed by atoms with van der Waals surface area (Å²) in [5.41, 5.74) is 18.5. The van der Waals surface area contributed by atoms with Gasteiger partial charge in [0.2, 0.25) is 0 Å². The third-order valence-corrected chi connectivity index (χ3v) is 19.9. The summed E-state index contributed by atoms with van der Waals surface area (Å²) in [5, 5.41) is 2.70. The van der Waals surface area contributed by atoms with Crippen LogP contribution in [0.4, 0.5) is 17.1 Å². The Labute approximate surface area is 476 Å². The fourth-order valence-electron chi connectivity index (χ4n) is 14.7. The van der Waals surface area contributed by atoms with Crippen LogP contribution in [0.25, 0.3) is 53.6 Å². The Bertz CT molecular complexity index is 3020. The summed E-state index contributed by atoms with van der Waals surface area (Å²) in [7, 11) is 0. The molecule has 78 heavy (non-hydrogen) atoms. The number of hydrogen-bond acceptors (Lipinski definition) is 2. The summed E-state index contributed by atoms with van der Waals surface area (Å²) in [6.07, 6.45) is 36.5. The highest BCUT2D eigenvalue weighted by Gasteiger charge is 2.46. The molecule has 0 saturated carbocycles. The molecule has 1 nitrogen and oxygen atoms in total. The van der Waals surface area contributed by atoms with Crippen molar-refractivity contribution >= 4 is 48.6 Å². The van der Waals surface area contributed by atoms with Gasteiger partial charge in [0.15, 0.2) is 0 Å². The molecule has 0 bridgehead atoms. The summed E-state index contributed by atoms with van der Waals surface area (Å²) in [6.45, 7) is 9.38. The molecule has 0 unspecified atom stereocenters. The van der Waals surface area contributed by atoms with Gasteiger partial charge in [0.25, 0.3) is 0 Å². The maximum absolute atomic E-state index is 2.76. The fourth-order valence-corrected chi connectivity index (χ4v) is 15.9. The molecule has 7 aromatic carbocycles. The van der Waals surface area contributed by atoms with Crippen LogP contribution in [0.3, 0.4) is 0 Å². The van der Waals surface area contributed by atoms with E-state index >= 15 is 0 Å². The van der Waals surface area contributed by atoms with Crippen molar-refractivity contribution in [2.75, 3.05) is 4.90 Å². The first-order valence-corrected chi connectivity index (χ1v) is 32.7. The summed E-state index contributed by atoms with van der Waals surface area (Å²) >= 11 is 1.94. The van der Waals surface area contributed by atoms with Gasteiger partial charge in [0.05, 0.1) is 11.4 Å². The average Bonchev–Trinajstić information content (AvgIpc) is 4.28. The molecule has 10 rings (SSSR count). The number of anilines is 3. The molecule has 2 aliphatic carbocycles. The van der Waals surface area contributed by atoms with E-state index in [1.165, 1.54) is 250 Å². The predicted molar refractivity (Wildman–Crippen MR) is 344 cm³/mol. The standard InChI is InChI=1S/C76H93NS/c1-5-9-13-17-21-31-53-75(54-32-22-18-14-10-6-2)65-46-28-25-42-63(65)72-67(75)48-37-50-69(72)77(59-40-35-39-58(57-59)60-44-36-45-62-61-41-27-30-52-71(61)78-74(60)62)70-51-38-49-68-73(70)64-43-26-29-47-66(64)76(68,55-33-23-19-15-11-7-3)56-34-24-20-16-12-8-4/h25-30,35-52,57H,5-24,31-34,53-56H2,1-4H3. The topological polar surface area (TPSA) is 3.24 Å². The maximum Gasteiger partial charge on any atom is 0.0543 e. The van der Waals surface area contributed by atoms with Gasteiger partial charge in [-0.05, 0) is 101 Å². The van der Waals surface area contributed by atoms with Crippen molar-refractivity contribution in [2.24, 2.45) is 0 Å². The Balaban J connectivity index is 1.17. The van der Waals surface area contributed by atoms with E-state index < -0.39 is 0 Å². The smallest absolute Gasteiger partial charge is 0.0543 e. The molecule has 0 saturated heterocycles. The average molecular weight is 1050 g/mol. The Morgan fingerprint density at radius 1 is 0.333 bits per heavy atom. The first kappa shape index (κ1) is 55.9. The van der Waals surface area contributed by atoms with Crippen molar-refractivity contribution in [2.45, 2.75) is 218 Å². The van der Waals surface area contributed by atoms with Gasteiger partial charge in [-0.15, -0.1) is 11.3 Å². The van der Waals surface area contributed by atoms with Crippen molar-refractivity contribution in [3.63, 3.8) is 0 Å². The quantitative estimate of drug-likeness (QED) is 0.0380. The number of thiophene rings is 1. The first-order valence-electron chi connectivity index (χ1n) is 31.9. The highest BCUT2D eigenvalue weighted by molar-refractivity contribution is 7.26. The van der Waals surface area contributed by atoms with Crippen molar-refractivity contribution < 1.29 is 0 Å². The lowest BCUT2D eigenvalue weighted by Crippen LogP contribution is -2.26. The largest absolute Gasteiger partial charge is 0.309 e. The molecule has 0 aliphatic heterocycles. The van der Waals surface area contributed by atoms with E-state index in [4.69, 9.17) is 0 Å². The van der Waals surface area contributed by atoms with Gasteiger partial charge >= 0.3 is 0 Å². The molecule has 1 aromatic heterocycles. The second-order valence-electron chi connectivity index (χ2n) is 23.9. The monoisotopic (exact) mass is 1050 g/mol. The second kappa shape index (κ2) is 27.1. The van der Waals surface area contributed by atoms with E-state index in [-0.39, 0.29) is 10.8 Å². The Morgan fingerprint density at radius 2 is 0.718 bits per heavy atom. The highest BCUT2D eigenvalue weighted by Crippen LogP contribution is 2.62. The molecular weight excluding hydrogens is 959 g/mol. The number of unbranched alkanes of at least 4 members (excludes halogenated alkanes) is 20. The lowest BCUT2D eigenvalue weighted by Gasteiger charge is -2.35. The first-order chi connectivity index (χ1) is 38.6. The third kappa shape index (κ3) is 11.6. The van der Waals surface area contributed by atoms with Gasteiger partial charge in [0.1, 0.15) is 0 Å². The molecular formula is C76H93NS. The van der Waals surface area contributed by atoms with Crippen LogP contribution >= 0.6 is 11.3 Å². The number of rotatable bonds is 32. The molecule has 2 heteroatoms. The maximum atomic E-state index is 2.76. The van der Waals surface area contributed by atoms with Crippen molar-refractivity contribution in [1.82, 2.24) is 0 Å². The number of nitrogens with zero attached hydrogens (tertiary/aromatic N) is 1. The van der Waals surface area contributed by atoms with Crippen LogP contribution in [0.1, 0.15) is 230 Å². The van der Waals surface area contributed by atoms with Crippen LogP contribution in [-0.2, 0) is 10.8 Å². The Kier molecular flexibility index (Phi) is 19.4. The fraction of sp³-hybridized carbons (Fsp3) is 0.447. The van der Waals surface area contributed by atoms with Crippen LogP contribution in [0, 0.1) is 0 Å². The van der Waals surface area contributed by atoms with Gasteiger partial charge in [-0.25, -0.2) is 0 Å². The summed E-state index contributed by atoms with van der Waals surface area (Å²) in [4.78, 5) is 2.76. The van der Waals surface area contributed by atoms with E-state index in [0.717, 1.165) is 0 Å². The molecule has 0 fully saturated rings. The number of benzene rings is 7. The molecule has 2 aliphatic rings. The van der Waals surface area contributed by atoms with Crippen molar-refractivity contribution in [3.8, 4) is 33.4 Å². The van der Waals surface area contributed by atoms with E-state index in [2.05, 4.69) is 184 Å². The minimum atomic E-state index is -0.0174. The SMILES string of the molecule is CCCCCCCCC1(CCCCCCCC)c2ccccc2-c2c(N(c3cccc(-c4cccc5c4sc4ccccc45)c3)c3cccc4c3-c3ccccc3C4(CCCCCCCC)CCCCCCCC)cccc21. The zero-order chi connectivity index (χ0) is 53.6. The van der Waals surface area contributed by atoms with Crippen molar-refractivity contribution in [1.29, 1.82) is 0 Å². The zero-order valence-electron chi connectivity index (χ0n) is 48.6. The number of fused-ring (bicyclic) bond motifs is 9. The normalized spacial score (nSPS) is 13.7. The van der Waals surface area contributed by atoms with Gasteiger partial charge in [-0.1, -0.05) is 303 Å². The van der Waals surface area contributed by atoms with E-state index in [9.17, 15) is 0 Å². The van der Waals surface area contributed by atoms with E-state index in [1.54, 1.807) is 22.3 Å². The van der Waals surface area contributed by atoms with Crippen LogP contribution in [0.5, 0.6) is 0 Å². The van der Waals surface area contributed by atoms with Crippen LogP contribution in [0.15, 0.2) is 152 Å². The van der Waals surface area contributed by atoms with Gasteiger partial charge in [0, 0.05) is 47.8 Å². The molecule has 0 amide bonds. The zero-order valence-corrected chi connectivity index (χ0v) is 49.4. The minimum absolute atomic E-state index is 0.0174. The van der Waals surface area contributed by atoms with E-state index in [1.807, 2.05) is 11.3 Å². The third-order valence-electron chi connectivity index (χ3n) is 18.7. The van der Waals surface area contributed by atoms with Gasteiger partial charge in [-0.3, -0.25) is 0 Å². The molecule has 0 N–H and O–H groups in total. The van der Waals surface area contributed by atoms with Crippen molar-refractivity contribution in [3.05, 3.63) is 174 Å². The summed E-state index contributed by atoms with van der Waals surface area (Å²) in [5.74, 6) is 0. The van der Waals surface area contributed by atoms with Crippen LogP contribution in [-0.4, -0.2) is 0 Å². The Hall–Kier alpha value is -5.44. The van der Waals surface area contributed by atoms with Crippen LogP contribution in [0.2, 0.25) is 0 Å². The molecule has 408 valence electrons. The predicted octanol–water partition coefficient (Wildman–Crippen LogP) is 24.7. The lowest BCUT2D eigenvalue weighted by molar-refractivity contribution is 0.398. The Morgan fingerprint density at radius 3 is 1.22 bits per heavy atom. The molecule has 0 spiro atoms. The summed E-state index contributed by atoms with van der Waals surface area (Å²) in [6, 6.07) is 60.1. The molecule has 0 radical (unpaired) electrons. The number of hydrogen-bond donors (Lipinski definition) is 0. The van der Waals surface area contributed by atoms with Gasteiger partial charge < -0.3 is 4.90 Å². The van der Waals surface area contributed by atoms with Crippen LogP contribution < -0.4 is 4.90 Å². The molecule has 0 atom stereocenters. The second-order valence-corrected chi connectivity index (χ2v) is 24.9. The van der Waals surface area contributed by atoms with E-state index in [0.29, 0.717) is 0 Å².